The highest BCUT2D eigenvalue weighted by Gasteiger charge is 2.18. The Morgan fingerprint density at radius 2 is 1.94 bits per heavy atom. The lowest BCUT2D eigenvalue weighted by Gasteiger charge is -2.20. The van der Waals surface area contributed by atoms with E-state index in [-0.39, 0.29) is 0 Å². The Kier molecular flexibility index (Phi) is 5.31. The van der Waals surface area contributed by atoms with Gasteiger partial charge in [-0.05, 0) is 12.1 Å². The molecule has 0 aliphatic carbocycles. The standard InChI is InChI=1S/C6H6O.C5H10N2O2/c7-6-4-2-1-3-5-6;8-5(9)4-3-6-1-2-7-4/h1-5,7H;4,6-7H,1-3H2,(H,8,9). The summed E-state index contributed by atoms with van der Waals surface area (Å²) in [5.74, 6) is -0.454. The molecule has 0 radical (unpaired) electrons. The second-order valence-electron chi connectivity index (χ2n) is 3.38. The topological polar surface area (TPSA) is 81.6 Å². The second kappa shape index (κ2) is 6.81. The SMILES string of the molecule is O=C(O)C1CNCCN1.Oc1ccccc1. The van der Waals surface area contributed by atoms with E-state index in [1.165, 1.54) is 0 Å². The van der Waals surface area contributed by atoms with Gasteiger partial charge in [-0.1, -0.05) is 18.2 Å². The number of carboxylic acids is 1. The van der Waals surface area contributed by atoms with Gasteiger partial charge < -0.3 is 20.8 Å². The molecule has 1 heterocycles. The Balaban J connectivity index is 0.000000165. The molecule has 0 spiro atoms. The molecule has 0 amide bonds. The quantitative estimate of drug-likeness (QED) is 0.541. The van der Waals surface area contributed by atoms with Crippen molar-refractivity contribution in [1.82, 2.24) is 10.6 Å². The van der Waals surface area contributed by atoms with E-state index in [0.29, 0.717) is 12.3 Å². The zero-order valence-corrected chi connectivity index (χ0v) is 8.89. The number of rotatable bonds is 1. The predicted molar refractivity (Wildman–Crippen MR) is 60.4 cm³/mol. The van der Waals surface area contributed by atoms with Crippen LogP contribution in [0.25, 0.3) is 0 Å². The number of hydrogen-bond donors (Lipinski definition) is 4. The fourth-order valence-electron chi connectivity index (χ4n) is 1.26. The molecule has 88 valence electrons. The van der Waals surface area contributed by atoms with E-state index in [1.807, 2.05) is 6.07 Å². The van der Waals surface area contributed by atoms with Gasteiger partial charge in [0.15, 0.2) is 0 Å². The molecule has 1 fully saturated rings. The second-order valence-corrected chi connectivity index (χ2v) is 3.38. The number of carboxylic acid groups (broad SMARTS) is 1. The third-order valence-corrected chi connectivity index (χ3v) is 2.10. The van der Waals surface area contributed by atoms with Gasteiger partial charge in [-0.25, -0.2) is 0 Å². The van der Waals surface area contributed by atoms with Gasteiger partial charge >= 0.3 is 5.97 Å². The van der Waals surface area contributed by atoms with Gasteiger partial charge in [0.05, 0.1) is 0 Å². The average molecular weight is 224 g/mol. The Labute approximate surface area is 94.1 Å². The minimum Gasteiger partial charge on any atom is -0.508 e. The van der Waals surface area contributed by atoms with Crippen molar-refractivity contribution >= 4 is 5.97 Å². The molecule has 0 saturated carbocycles. The molecule has 0 bridgehead atoms. The number of hydrogen-bond acceptors (Lipinski definition) is 4. The fraction of sp³-hybridized carbons (Fsp3) is 0.364. The van der Waals surface area contributed by atoms with Crippen molar-refractivity contribution in [2.75, 3.05) is 19.6 Å². The van der Waals surface area contributed by atoms with E-state index < -0.39 is 12.0 Å². The molecule has 1 aromatic carbocycles. The van der Waals surface area contributed by atoms with Crippen LogP contribution in [0.15, 0.2) is 30.3 Å². The summed E-state index contributed by atoms with van der Waals surface area (Å²) in [6.07, 6.45) is 0. The Hall–Kier alpha value is -1.59. The smallest absolute Gasteiger partial charge is 0.322 e. The van der Waals surface area contributed by atoms with Crippen LogP contribution in [0.4, 0.5) is 0 Å². The maximum atomic E-state index is 10.3. The maximum absolute atomic E-state index is 10.3. The number of piperazine rings is 1. The minimum absolute atomic E-state index is 0.322. The number of phenolic OH excluding ortho intramolecular Hbond substituents is 1. The third-order valence-electron chi connectivity index (χ3n) is 2.10. The summed E-state index contributed by atoms with van der Waals surface area (Å²) in [5, 5.41) is 22.9. The summed E-state index contributed by atoms with van der Waals surface area (Å²) in [5.41, 5.74) is 0. The van der Waals surface area contributed by atoms with E-state index in [4.69, 9.17) is 10.2 Å². The van der Waals surface area contributed by atoms with Crippen LogP contribution in [0, 0.1) is 0 Å². The van der Waals surface area contributed by atoms with Crippen molar-refractivity contribution in [2.45, 2.75) is 6.04 Å². The average Bonchev–Trinajstić information content (AvgIpc) is 2.32. The summed E-state index contributed by atoms with van der Waals surface area (Å²) >= 11 is 0. The van der Waals surface area contributed by atoms with Crippen LogP contribution in [0.1, 0.15) is 0 Å². The number of phenols is 1. The van der Waals surface area contributed by atoms with E-state index in [2.05, 4.69) is 10.6 Å². The van der Waals surface area contributed by atoms with Crippen LogP contribution in [-0.2, 0) is 4.79 Å². The highest BCUT2D eigenvalue weighted by atomic mass is 16.4. The van der Waals surface area contributed by atoms with Crippen LogP contribution in [0.3, 0.4) is 0 Å². The lowest BCUT2D eigenvalue weighted by Crippen LogP contribution is -2.52. The fourth-order valence-corrected chi connectivity index (χ4v) is 1.26. The van der Waals surface area contributed by atoms with Gasteiger partial charge in [-0.3, -0.25) is 4.79 Å². The molecule has 16 heavy (non-hydrogen) atoms. The number of nitrogens with one attached hydrogen (secondary N) is 2. The Morgan fingerprint density at radius 1 is 1.25 bits per heavy atom. The van der Waals surface area contributed by atoms with Gasteiger partial charge in [0.1, 0.15) is 11.8 Å². The first kappa shape index (κ1) is 12.5. The van der Waals surface area contributed by atoms with Crippen LogP contribution < -0.4 is 10.6 Å². The summed E-state index contributed by atoms with van der Waals surface area (Å²) < 4.78 is 0. The monoisotopic (exact) mass is 224 g/mol. The molecule has 4 N–H and O–H groups in total. The maximum Gasteiger partial charge on any atom is 0.322 e. The molecular weight excluding hydrogens is 208 g/mol. The number of benzene rings is 1. The molecule has 1 unspecified atom stereocenters. The molecule has 1 aliphatic heterocycles. The van der Waals surface area contributed by atoms with E-state index in [0.717, 1.165) is 13.1 Å². The van der Waals surface area contributed by atoms with Gasteiger partial charge in [-0.2, -0.15) is 0 Å². The predicted octanol–water partition coefficient (Wildman–Crippen LogP) is 0.0246. The van der Waals surface area contributed by atoms with Crippen LogP contribution in [0.2, 0.25) is 0 Å². The highest BCUT2D eigenvalue weighted by molar-refractivity contribution is 5.73. The van der Waals surface area contributed by atoms with Gasteiger partial charge in [0.2, 0.25) is 0 Å². The van der Waals surface area contributed by atoms with Gasteiger partial charge in [0.25, 0.3) is 0 Å². The van der Waals surface area contributed by atoms with E-state index in [1.54, 1.807) is 24.3 Å². The van der Waals surface area contributed by atoms with E-state index in [9.17, 15) is 4.79 Å². The summed E-state index contributed by atoms with van der Waals surface area (Å²) in [4.78, 5) is 10.3. The lowest BCUT2D eigenvalue weighted by atomic mass is 10.2. The zero-order valence-electron chi connectivity index (χ0n) is 8.89. The molecule has 1 atom stereocenters. The Bertz CT molecular complexity index is 310. The van der Waals surface area contributed by atoms with Crippen LogP contribution >= 0.6 is 0 Å². The molecule has 2 rings (SSSR count). The van der Waals surface area contributed by atoms with Crippen molar-refractivity contribution in [3.63, 3.8) is 0 Å². The van der Waals surface area contributed by atoms with Gasteiger partial charge in [-0.15, -0.1) is 0 Å². The minimum atomic E-state index is -0.776. The first-order valence-electron chi connectivity index (χ1n) is 5.11. The first-order chi connectivity index (χ1) is 7.70. The number of aliphatic carboxylic acids is 1. The summed E-state index contributed by atoms with van der Waals surface area (Å²) in [6.45, 7) is 2.15. The van der Waals surface area contributed by atoms with Crippen LogP contribution in [-0.4, -0.2) is 41.9 Å². The molecule has 1 aromatic rings. The van der Waals surface area contributed by atoms with Crippen molar-refractivity contribution in [2.24, 2.45) is 0 Å². The lowest BCUT2D eigenvalue weighted by molar-refractivity contribution is -0.139. The third kappa shape index (κ3) is 4.77. The van der Waals surface area contributed by atoms with Crippen LogP contribution in [0.5, 0.6) is 5.75 Å². The van der Waals surface area contributed by atoms with Crippen molar-refractivity contribution in [3.05, 3.63) is 30.3 Å². The van der Waals surface area contributed by atoms with Gasteiger partial charge in [0, 0.05) is 19.6 Å². The molecule has 1 saturated heterocycles. The number of aromatic hydroxyl groups is 1. The molecule has 0 aromatic heterocycles. The number of para-hydroxylation sites is 1. The number of carbonyl (C=O) groups is 1. The highest BCUT2D eigenvalue weighted by Crippen LogP contribution is 2.02. The van der Waals surface area contributed by atoms with Crippen molar-refractivity contribution < 1.29 is 15.0 Å². The largest absolute Gasteiger partial charge is 0.508 e. The molecule has 1 aliphatic rings. The normalized spacial score (nSPS) is 19.4. The zero-order chi connectivity index (χ0) is 11.8. The molecular formula is C11H16N2O3. The summed E-state index contributed by atoms with van der Waals surface area (Å²) in [7, 11) is 0. The van der Waals surface area contributed by atoms with Crippen molar-refractivity contribution in [1.29, 1.82) is 0 Å². The summed E-state index contributed by atoms with van der Waals surface area (Å²) in [6, 6.07) is 8.32. The molecule has 5 nitrogen and oxygen atoms in total. The first-order valence-corrected chi connectivity index (χ1v) is 5.11. The van der Waals surface area contributed by atoms with Crippen molar-refractivity contribution in [3.8, 4) is 5.75 Å². The molecule has 5 heteroatoms. The Morgan fingerprint density at radius 3 is 2.25 bits per heavy atom. The van der Waals surface area contributed by atoms with E-state index >= 15 is 0 Å².